The predicted octanol–water partition coefficient (Wildman–Crippen LogP) is 4.40. The van der Waals surface area contributed by atoms with E-state index in [1.165, 1.54) is 31.4 Å². The maximum Gasteiger partial charge on any atom is 0.141 e. The Balaban J connectivity index is 2.61. The van der Waals surface area contributed by atoms with E-state index in [9.17, 15) is 8.78 Å². The molecule has 2 aromatic carbocycles. The molecule has 1 nitrogen and oxygen atoms in total. The molecule has 0 aliphatic heterocycles. The van der Waals surface area contributed by atoms with Crippen LogP contribution in [0.3, 0.4) is 0 Å². The van der Waals surface area contributed by atoms with Gasteiger partial charge in [0.15, 0.2) is 0 Å². The zero-order valence-electron chi connectivity index (χ0n) is 9.01. The van der Waals surface area contributed by atoms with Crippen molar-refractivity contribution in [2.75, 3.05) is 7.11 Å². The average molecular weight is 299 g/mol. The Bertz CT molecular complexity index is 538. The summed E-state index contributed by atoms with van der Waals surface area (Å²) in [6, 6.07) is 8.50. The van der Waals surface area contributed by atoms with E-state index in [1.807, 2.05) is 0 Å². The Labute approximate surface area is 106 Å². The molecule has 0 bridgehead atoms. The standard InChI is InChI=1S/C13H9BrF2O/c1-17-13-11(6-10(16)7-12(13)14)8-2-4-9(15)5-3-8/h2-7H,1H3. The summed E-state index contributed by atoms with van der Waals surface area (Å²) in [6.07, 6.45) is 0. The summed E-state index contributed by atoms with van der Waals surface area (Å²) < 4.78 is 31.9. The van der Waals surface area contributed by atoms with Crippen molar-refractivity contribution in [3.8, 4) is 16.9 Å². The van der Waals surface area contributed by atoms with Gasteiger partial charge in [0.05, 0.1) is 11.6 Å². The van der Waals surface area contributed by atoms with Crippen molar-refractivity contribution < 1.29 is 13.5 Å². The SMILES string of the molecule is COc1c(Br)cc(F)cc1-c1ccc(F)cc1. The smallest absolute Gasteiger partial charge is 0.141 e. The molecule has 88 valence electrons. The second-order valence-electron chi connectivity index (χ2n) is 3.48. The number of rotatable bonds is 2. The Morgan fingerprint density at radius 1 is 1.00 bits per heavy atom. The summed E-state index contributed by atoms with van der Waals surface area (Å²) in [5, 5.41) is 0. The molecular formula is C13H9BrF2O. The fourth-order valence-corrected chi connectivity index (χ4v) is 2.21. The minimum Gasteiger partial charge on any atom is -0.495 e. The fourth-order valence-electron chi connectivity index (χ4n) is 1.61. The van der Waals surface area contributed by atoms with Crippen LogP contribution < -0.4 is 4.74 Å². The Morgan fingerprint density at radius 3 is 2.24 bits per heavy atom. The van der Waals surface area contributed by atoms with Crippen molar-refractivity contribution in [3.05, 3.63) is 52.5 Å². The topological polar surface area (TPSA) is 9.23 Å². The Kier molecular flexibility index (Phi) is 3.43. The number of hydrogen-bond acceptors (Lipinski definition) is 1. The lowest BCUT2D eigenvalue weighted by Gasteiger charge is -2.11. The van der Waals surface area contributed by atoms with E-state index in [0.29, 0.717) is 21.3 Å². The van der Waals surface area contributed by atoms with Crippen LogP contribution in [-0.2, 0) is 0 Å². The third-order valence-electron chi connectivity index (χ3n) is 2.37. The first kappa shape index (κ1) is 12.0. The molecular weight excluding hydrogens is 290 g/mol. The minimum absolute atomic E-state index is 0.330. The van der Waals surface area contributed by atoms with Crippen LogP contribution in [0.15, 0.2) is 40.9 Å². The average Bonchev–Trinajstić information content (AvgIpc) is 2.29. The second kappa shape index (κ2) is 4.84. The van der Waals surface area contributed by atoms with Crippen molar-refractivity contribution in [2.24, 2.45) is 0 Å². The van der Waals surface area contributed by atoms with Crippen LogP contribution >= 0.6 is 15.9 Å². The van der Waals surface area contributed by atoms with E-state index in [-0.39, 0.29) is 11.6 Å². The van der Waals surface area contributed by atoms with Crippen molar-refractivity contribution in [2.45, 2.75) is 0 Å². The lowest BCUT2D eigenvalue weighted by Crippen LogP contribution is -1.91. The van der Waals surface area contributed by atoms with E-state index in [4.69, 9.17) is 4.74 Å². The van der Waals surface area contributed by atoms with Gasteiger partial charge in [-0.15, -0.1) is 0 Å². The minimum atomic E-state index is -0.378. The molecule has 0 heterocycles. The zero-order valence-corrected chi connectivity index (χ0v) is 10.6. The van der Waals surface area contributed by atoms with Crippen molar-refractivity contribution in [3.63, 3.8) is 0 Å². The first-order valence-electron chi connectivity index (χ1n) is 4.91. The zero-order chi connectivity index (χ0) is 12.4. The molecule has 4 heteroatoms. The molecule has 2 aromatic rings. The third kappa shape index (κ3) is 2.47. The lowest BCUT2D eigenvalue weighted by molar-refractivity contribution is 0.412. The summed E-state index contributed by atoms with van der Waals surface area (Å²) in [6.45, 7) is 0. The van der Waals surface area contributed by atoms with Gasteiger partial charge >= 0.3 is 0 Å². The van der Waals surface area contributed by atoms with Gasteiger partial charge in [0.25, 0.3) is 0 Å². The molecule has 0 atom stereocenters. The summed E-state index contributed by atoms with van der Waals surface area (Å²) in [5.41, 5.74) is 1.28. The van der Waals surface area contributed by atoms with Gasteiger partial charge in [0.1, 0.15) is 17.4 Å². The molecule has 0 radical (unpaired) electrons. The van der Waals surface area contributed by atoms with Crippen molar-refractivity contribution in [1.82, 2.24) is 0 Å². The first-order valence-corrected chi connectivity index (χ1v) is 5.70. The number of ether oxygens (including phenoxy) is 1. The van der Waals surface area contributed by atoms with Crippen molar-refractivity contribution in [1.29, 1.82) is 0 Å². The number of hydrogen-bond donors (Lipinski definition) is 0. The predicted molar refractivity (Wildman–Crippen MR) is 66.0 cm³/mol. The van der Waals surface area contributed by atoms with Crippen LogP contribution in [0, 0.1) is 11.6 Å². The highest BCUT2D eigenvalue weighted by molar-refractivity contribution is 9.10. The second-order valence-corrected chi connectivity index (χ2v) is 4.33. The van der Waals surface area contributed by atoms with Gasteiger partial charge in [0.2, 0.25) is 0 Å². The van der Waals surface area contributed by atoms with Gasteiger partial charge in [-0.3, -0.25) is 0 Å². The molecule has 17 heavy (non-hydrogen) atoms. The maximum atomic E-state index is 13.3. The van der Waals surface area contributed by atoms with E-state index in [1.54, 1.807) is 12.1 Å². The van der Waals surface area contributed by atoms with E-state index < -0.39 is 0 Å². The van der Waals surface area contributed by atoms with Crippen LogP contribution in [-0.4, -0.2) is 7.11 Å². The highest BCUT2D eigenvalue weighted by Crippen LogP contribution is 2.37. The normalized spacial score (nSPS) is 10.4. The van der Waals surface area contributed by atoms with Gasteiger partial charge in [0, 0.05) is 5.56 Å². The molecule has 0 unspecified atom stereocenters. The van der Waals surface area contributed by atoms with Crippen LogP contribution in [0.4, 0.5) is 8.78 Å². The van der Waals surface area contributed by atoms with Gasteiger partial charge in [-0.05, 0) is 45.8 Å². The number of halogens is 3. The third-order valence-corrected chi connectivity index (χ3v) is 2.96. The van der Waals surface area contributed by atoms with Crippen LogP contribution in [0.1, 0.15) is 0 Å². The van der Waals surface area contributed by atoms with E-state index >= 15 is 0 Å². The summed E-state index contributed by atoms with van der Waals surface area (Å²) in [5.74, 6) is -0.182. The molecule has 0 saturated carbocycles. The van der Waals surface area contributed by atoms with Crippen molar-refractivity contribution >= 4 is 15.9 Å². The molecule has 0 N–H and O–H groups in total. The molecule has 0 spiro atoms. The van der Waals surface area contributed by atoms with Gasteiger partial charge in [-0.2, -0.15) is 0 Å². The molecule has 0 aromatic heterocycles. The quantitative estimate of drug-likeness (QED) is 0.798. The van der Waals surface area contributed by atoms with Crippen LogP contribution in [0.25, 0.3) is 11.1 Å². The van der Waals surface area contributed by atoms with E-state index in [0.717, 1.165) is 0 Å². The molecule has 0 fully saturated rings. The lowest BCUT2D eigenvalue weighted by atomic mass is 10.0. The molecule has 2 rings (SSSR count). The molecule has 0 amide bonds. The van der Waals surface area contributed by atoms with E-state index in [2.05, 4.69) is 15.9 Å². The largest absolute Gasteiger partial charge is 0.495 e. The Hall–Kier alpha value is -1.42. The molecule has 0 saturated heterocycles. The summed E-state index contributed by atoms with van der Waals surface area (Å²) in [7, 11) is 1.50. The maximum absolute atomic E-state index is 13.3. The van der Waals surface area contributed by atoms with Crippen LogP contribution in [0.2, 0.25) is 0 Å². The molecule has 0 aliphatic carbocycles. The number of methoxy groups -OCH3 is 1. The molecule has 0 aliphatic rings. The van der Waals surface area contributed by atoms with Gasteiger partial charge < -0.3 is 4.74 Å². The monoisotopic (exact) mass is 298 g/mol. The first-order chi connectivity index (χ1) is 8.11. The summed E-state index contributed by atoms with van der Waals surface area (Å²) >= 11 is 3.23. The van der Waals surface area contributed by atoms with Crippen LogP contribution in [0.5, 0.6) is 5.75 Å². The van der Waals surface area contributed by atoms with Gasteiger partial charge in [-0.1, -0.05) is 12.1 Å². The Morgan fingerprint density at radius 2 is 1.65 bits per heavy atom. The van der Waals surface area contributed by atoms with Gasteiger partial charge in [-0.25, -0.2) is 8.78 Å². The summed E-state index contributed by atoms with van der Waals surface area (Å²) in [4.78, 5) is 0. The highest BCUT2D eigenvalue weighted by atomic mass is 79.9. The number of benzene rings is 2. The highest BCUT2D eigenvalue weighted by Gasteiger charge is 2.11. The fraction of sp³-hybridized carbons (Fsp3) is 0.0769.